The number of aryl methyl sites for hydroxylation is 1. The summed E-state index contributed by atoms with van der Waals surface area (Å²) in [6, 6.07) is 10.1. The van der Waals surface area contributed by atoms with Crippen LogP contribution in [0.5, 0.6) is 5.75 Å². The van der Waals surface area contributed by atoms with Crippen LogP contribution in [-0.2, 0) is 17.7 Å². The molecule has 2 aromatic heterocycles. The summed E-state index contributed by atoms with van der Waals surface area (Å²) in [5.41, 5.74) is 2.98. The van der Waals surface area contributed by atoms with Gasteiger partial charge >= 0.3 is 6.09 Å². The number of aromatic nitrogens is 3. The van der Waals surface area contributed by atoms with Crippen LogP contribution < -0.4 is 10.6 Å². The number of fused-ring (bicyclic) bond motifs is 1. The van der Waals surface area contributed by atoms with Gasteiger partial charge in [0.1, 0.15) is 23.1 Å². The average molecular weight is 600 g/mol. The third kappa shape index (κ3) is 6.40. The van der Waals surface area contributed by atoms with E-state index in [1.807, 2.05) is 31.7 Å². The van der Waals surface area contributed by atoms with Crippen molar-refractivity contribution >= 4 is 17.1 Å². The minimum atomic E-state index is -0.561. The molecule has 44 heavy (non-hydrogen) atoms. The molecule has 0 bridgehead atoms. The van der Waals surface area contributed by atoms with E-state index in [0.717, 1.165) is 60.5 Å². The maximum atomic E-state index is 13.1. The number of nitrogens with zero attached hydrogens (tertiary/aromatic N) is 5. The predicted octanol–water partition coefficient (Wildman–Crippen LogP) is 5.18. The zero-order valence-electron chi connectivity index (χ0n) is 26.2. The largest absolute Gasteiger partial charge is 0.508 e. The van der Waals surface area contributed by atoms with Gasteiger partial charge in [0.15, 0.2) is 0 Å². The van der Waals surface area contributed by atoms with Crippen molar-refractivity contribution in [3.05, 3.63) is 53.1 Å². The lowest BCUT2D eigenvalue weighted by Gasteiger charge is -2.46. The number of carbonyl (C=O) groups excluding carboxylic acids is 1. The van der Waals surface area contributed by atoms with Gasteiger partial charge in [0.25, 0.3) is 0 Å². The summed E-state index contributed by atoms with van der Waals surface area (Å²) >= 11 is 0. The van der Waals surface area contributed by atoms with Crippen molar-refractivity contribution in [1.82, 2.24) is 30.1 Å². The Morgan fingerprint density at radius 2 is 2.05 bits per heavy atom. The van der Waals surface area contributed by atoms with Crippen LogP contribution in [-0.4, -0.2) is 68.1 Å². The first-order valence-corrected chi connectivity index (χ1v) is 16.1. The van der Waals surface area contributed by atoms with Crippen molar-refractivity contribution in [3.63, 3.8) is 0 Å². The average Bonchev–Trinajstić information content (AvgIpc) is 3.61. The number of benzene rings is 1. The van der Waals surface area contributed by atoms with E-state index in [0.29, 0.717) is 25.4 Å². The second-order valence-electron chi connectivity index (χ2n) is 13.9. The molecule has 10 heteroatoms. The molecule has 4 heterocycles. The molecule has 2 aliphatic heterocycles. The number of ether oxygens (including phenoxy) is 1. The lowest BCUT2D eigenvalue weighted by atomic mass is 9.74. The Hall–Kier alpha value is -3.68. The molecule has 2 atom stereocenters. The molecular formula is C34H45N7O3. The zero-order chi connectivity index (χ0) is 30.9. The molecule has 10 nitrogen and oxygen atoms in total. The van der Waals surface area contributed by atoms with Gasteiger partial charge in [0.2, 0.25) is 5.82 Å². The summed E-state index contributed by atoms with van der Waals surface area (Å²) in [6.07, 6.45) is 10.3. The first-order valence-electron chi connectivity index (χ1n) is 16.1. The number of piperidine rings is 1. The molecule has 1 aliphatic carbocycles. The van der Waals surface area contributed by atoms with Gasteiger partial charge in [-0.15, -0.1) is 0 Å². The number of aromatic hydroxyl groups is 1. The van der Waals surface area contributed by atoms with Crippen LogP contribution in [0.2, 0.25) is 0 Å². The highest BCUT2D eigenvalue weighted by Crippen LogP contribution is 2.39. The normalized spacial score (nSPS) is 22.9. The first-order chi connectivity index (χ1) is 21.1. The fourth-order valence-electron chi connectivity index (χ4n) is 7.41. The number of nitrogens with one attached hydrogen (secondary N) is 2. The molecule has 1 amide bonds. The van der Waals surface area contributed by atoms with Crippen molar-refractivity contribution < 1.29 is 14.6 Å². The molecule has 3 N–H and O–H groups in total. The summed E-state index contributed by atoms with van der Waals surface area (Å²) < 4.78 is 7.97. The molecule has 3 aromatic rings. The molecule has 3 aliphatic rings. The van der Waals surface area contributed by atoms with Crippen molar-refractivity contribution in [2.24, 2.45) is 5.92 Å². The van der Waals surface area contributed by atoms with E-state index in [-0.39, 0.29) is 29.1 Å². The number of phenols is 1. The Morgan fingerprint density at radius 1 is 1.23 bits per heavy atom. The summed E-state index contributed by atoms with van der Waals surface area (Å²) in [7, 11) is 0. The highest BCUT2D eigenvalue weighted by molar-refractivity contribution is 5.77. The van der Waals surface area contributed by atoms with Gasteiger partial charge in [0, 0.05) is 73.6 Å². The first kappa shape index (κ1) is 30.4. The van der Waals surface area contributed by atoms with Crippen molar-refractivity contribution in [3.8, 4) is 11.8 Å². The number of rotatable bonds is 6. The minimum Gasteiger partial charge on any atom is -0.508 e. The summed E-state index contributed by atoms with van der Waals surface area (Å²) in [4.78, 5) is 23.7. The van der Waals surface area contributed by atoms with Crippen LogP contribution in [0, 0.1) is 17.2 Å². The number of nitriles is 1. The van der Waals surface area contributed by atoms with E-state index >= 15 is 0 Å². The molecular weight excluding hydrogens is 554 g/mol. The van der Waals surface area contributed by atoms with Gasteiger partial charge in [0.05, 0.1) is 0 Å². The summed E-state index contributed by atoms with van der Waals surface area (Å²) in [6.45, 7) is 9.18. The summed E-state index contributed by atoms with van der Waals surface area (Å²) in [5.74, 6) is 1.12. The van der Waals surface area contributed by atoms with E-state index in [2.05, 4.69) is 43.4 Å². The van der Waals surface area contributed by atoms with Crippen LogP contribution in [0.15, 0.2) is 30.5 Å². The van der Waals surface area contributed by atoms with Gasteiger partial charge in [-0.25, -0.2) is 14.8 Å². The predicted molar refractivity (Wildman–Crippen MR) is 168 cm³/mol. The third-order valence-corrected chi connectivity index (χ3v) is 9.74. The van der Waals surface area contributed by atoms with Crippen LogP contribution >= 0.6 is 0 Å². The monoisotopic (exact) mass is 599 g/mol. The number of phenolic OH excluding ortho intramolecular Hbond substituents is 1. The maximum absolute atomic E-state index is 13.1. The van der Waals surface area contributed by atoms with E-state index < -0.39 is 5.60 Å². The second-order valence-corrected chi connectivity index (χ2v) is 13.9. The van der Waals surface area contributed by atoms with Crippen LogP contribution in [0.3, 0.4) is 0 Å². The highest BCUT2D eigenvalue weighted by Gasteiger charge is 2.47. The Bertz CT molecular complexity index is 1540. The number of amides is 1. The molecule has 234 valence electrons. The summed E-state index contributed by atoms with van der Waals surface area (Å²) in [5, 5.41) is 28.7. The Balaban J connectivity index is 1.31. The van der Waals surface area contributed by atoms with Gasteiger partial charge in [-0.05, 0) is 57.2 Å². The van der Waals surface area contributed by atoms with Gasteiger partial charge < -0.3 is 24.6 Å². The minimum absolute atomic E-state index is 0.0133. The quantitative estimate of drug-likeness (QED) is 0.354. The van der Waals surface area contributed by atoms with Crippen molar-refractivity contribution in [2.75, 3.05) is 26.3 Å². The Morgan fingerprint density at radius 3 is 2.77 bits per heavy atom. The van der Waals surface area contributed by atoms with Gasteiger partial charge in [-0.1, -0.05) is 44.2 Å². The fourth-order valence-corrected chi connectivity index (χ4v) is 7.41. The van der Waals surface area contributed by atoms with Crippen molar-refractivity contribution in [1.29, 1.82) is 5.26 Å². The topological polar surface area (TPSA) is 128 Å². The van der Waals surface area contributed by atoms with Crippen molar-refractivity contribution in [2.45, 2.75) is 95.7 Å². The number of hydrogen-bond acceptors (Lipinski definition) is 8. The third-order valence-electron chi connectivity index (χ3n) is 9.74. The van der Waals surface area contributed by atoms with E-state index in [9.17, 15) is 15.2 Å². The second kappa shape index (κ2) is 12.4. The standard InChI is InChI=1S/C34H45N7O3/c1-33(2,3)44-32(43)40-14-12-34(21-36-22-38-34)28(20-40)24-9-10-29(42)25(15-24)16-27-17-26-19-37-30(18-35)39-31(26)41(27)13-11-23-7-5-4-6-8-23/h9-10,15,17,19,23,28,36,38,42H,4-8,11-14,16,20-22H2,1-3H3. The molecule has 6 rings (SSSR count). The van der Waals surface area contributed by atoms with Gasteiger partial charge in [-0.2, -0.15) is 5.26 Å². The van der Waals surface area contributed by atoms with E-state index in [1.54, 1.807) is 12.3 Å². The number of hydrogen-bond donors (Lipinski definition) is 3. The number of likely N-dealkylation sites (tertiary alicyclic amines) is 1. The van der Waals surface area contributed by atoms with E-state index in [1.165, 1.54) is 32.1 Å². The maximum Gasteiger partial charge on any atom is 0.410 e. The van der Waals surface area contributed by atoms with Crippen LogP contribution in [0.25, 0.3) is 11.0 Å². The smallest absolute Gasteiger partial charge is 0.410 e. The molecule has 2 unspecified atom stereocenters. The lowest BCUT2D eigenvalue weighted by molar-refractivity contribution is 0.0129. The van der Waals surface area contributed by atoms with Crippen LogP contribution in [0.1, 0.15) is 94.3 Å². The molecule has 0 radical (unpaired) electrons. The lowest BCUT2D eigenvalue weighted by Crippen LogP contribution is -2.58. The zero-order valence-corrected chi connectivity index (χ0v) is 26.2. The Kier molecular flexibility index (Phi) is 8.53. The fraction of sp³-hybridized carbons (Fsp3) is 0.588. The molecule has 1 saturated carbocycles. The van der Waals surface area contributed by atoms with Gasteiger partial charge in [-0.3, -0.25) is 5.32 Å². The molecule has 2 saturated heterocycles. The molecule has 1 spiro atoms. The van der Waals surface area contributed by atoms with E-state index in [4.69, 9.17) is 4.74 Å². The van der Waals surface area contributed by atoms with Crippen LogP contribution in [0.4, 0.5) is 4.79 Å². The number of carbonyl (C=O) groups is 1. The Labute approximate surface area is 259 Å². The molecule has 3 fully saturated rings. The molecule has 1 aromatic carbocycles. The SMILES string of the molecule is CC(C)(C)OC(=O)N1CCC2(CNCN2)C(c2ccc(O)c(Cc3cc4cnc(C#N)nc4n3CCC3CCCCC3)c2)C1. The highest BCUT2D eigenvalue weighted by atomic mass is 16.6.